The van der Waals surface area contributed by atoms with Gasteiger partial charge in [0.25, 0.3) is 0 Å². The van der Waals surface area contributed by atoms with E-state index >= 15 is 0 Å². The van der Waals surface area contributed by atoms with Gasteiger partial charge in [-0.15, -0.1) is 11.3 Å². The van der Waals surface area contributed by atoms with Crippen molar-refractivity contribution in [2.45, 2.75) is 39.2 Å². The average Bonchev–Trinajstić information content (AvgIpc) is 2.74. The van der Waals surface area contributed by atoms with Gasteiger partial charge in [0.05, 0.1) is 6.04 Å². The van der Waals surface area contributed by atoms with E-state index in [1.165, 1.54) is 10.4 Å². The minimum absolute atomic E-state index is 0.290. The summed E-state index contributed by atoms with van der Waals surface area (Å²) in [7, 11) is 0. The molecule has 0 aromatic carbocycles. The summed E-state index contributed by atoms with van der Waals surface area (Å²) in [6, 6.07) is 2.51. The maximum atomic E-state index is 11.8. The second-order valence-corrected chi connectivity index (χ2v) is 4.91. The summed E-state index contributed by atoms with van der Waals surface area (Å²) >= 11 is 1.83. The van der Waals surface area contributed by atoms with E-state index in [1.54, 1.807) is 0 Å². The Hall–Kier alpha value is -0.830. The molecule has 1 aromatic rings. The van der Waals surface area contributed by atoms with Crippen molar-refractivity contribution in [1.82, 2.24) is 4.90 Å². The molecule has 3 heteroatoms. The van der Waals surface area contributed by atoms with Gasteiger partial charge < -0.3 is 4.90 Å². The summed E-state index contributed by atoms with van der Waals surface area (Å²) in [5.41, 5.74) is 1.38. The fraction of sp³-hybridized carbons (Fsp3) is 0.583. The molecule has 0 radical (unpaired) electrons. The number of hydrogen-bond donors (Lipinski definition) is 0. The highest BCUT2D eigenvalue weighted by atomic mass is 32.1. The Labute approximate surface area is 94.9 Å². The third kappa shape index (κ3) is 1.81. The van der Waals surface area contributed by atoms with Crippen LogP contribution in [0.2, 0.25) is 0 Å². The van der Waals surface area contributed by atoms with Crippen LogP contribution in [0.1, 0.15) is 43.2 Å². The first-order valence-corrected chi connectivity index (χ1v) is 6.51. The molecule has 1 atom stereocenters. The van der Waals surface area contributed by atoms with Crippen LogP contribution >= 0.6 is 11.3 Å². The number of thiophene rings is 1. The van der Waals surface area contributed by atoms with Crippen molar-refractivity contribution >= 4 is 17.2 Å². The van der Waals surface area contributed by atoms with Gasteiger partial charge in [0.2, 0.25) is 5.91 Å². The van der Waals surface area contributed by atoms with Crippen LogP contribution < -0.4 is 0 Å². The van der Waals surface area contributed by atoms with Crippen LogP contribution in [0.4, 0.5) is 0 Å². The first-order valence-electron chi connectivity index (χ1n) is 5.63. The standard InChI is InChI=1S/C12H17NOS/c1-3-10-9-6-8-15-11(9)5-7-13(10)12(14)4-2/h6,8,10H,3-5,7H2,1-2H3. The Morgan fingerprint density at radius 3 is 3.07 bits per heavy atom. The van der Waals surface area contributed by atoms with E-state index in [2.05, 4.69) is 23.3 Å². The first-order chi connectivity index (χ1) is 7.27. The summed E-state index contributed by atoms with van der Waals surface area (Å²) < 4.78 is 0. The van der Waals surface area contributed by atoms with Crippen LogP contribution in [0.5, 0.6) is 0 Å². The number of nitrogens with zero attached hydrogens (tertiary/aromatic N) is 1. The minimum atomic E-state index is 0.290. The second-order valence-electron chi connectivity index (χ2n) is 3.91. The molecule has 2 rings (SSSR count). The number of amides is 1. The normalized spacial score (nSPS) is 20.1. The number of hydrogen-bond acceptors (Lipinski definition) is 2. The molecule has 1 aliphatic rings. The lowest BCUT2D eigenvalue weighted by molar-refractivity contribution is -0.133. The summed E-state index contributed by atoms with van der Waals surface area (Å²) in [5, 5.41) is 2.15. The molecule has 0 bridgehead atoms. The van der Waals surface area contributed by atoms with Gasteiger partial charge in [-0.3, -0.25) is 4.79 Å². The second kappa shape index (κ2) is 4.35. The van der Waals surface area contributed by atoms with Crippen molar-refractivity contribution in [2.24, 2.45) is 0 Å². The number of carbonyl (C=O) groups is 1. The highest BCUT2D eigenvalue weighted by Gasteiger charge is 2.29. The van der Waals surface area contributed by atoms with Gasteiger partial charge in [0.1, 0.15) is 0 Å². The molecular formula is C12H17NOS. The van der Waals surface area contributed by atoms with Crippen molar-refractivity contribution in [3.63, 3.8) is 0 Å². The highest BCUT2D eigenvalue weighted by molar-refractivity contribution is 7.10. The molecule has 1 aliphatic heterocycles. The fourth-order valence-electron chi connectivity index (χ4n) is 2.34. The van der Waals surface area contributed by atoms with Gasteiger partial charge in [-0.1, -0.05) is 13.8 Å². The molecule has 2 nitrogen and oxygen atoms in total. The molecule has 1 aromatic heterocycles. The SMILES string of the molecule is CCC(=O)N1CCc2sccc2C1CC. The van der Waals surface area contributed by atoms with Crippen molar-refractivity contribution in [2.75, 3.05) is 6.54 Å². The molecule has 0 fully saturated rings. The zero-order chi connectivity index (χ0) is 10.8. The smallest absolute Gasteiger partial charge is 0.222 e. The van der Waals surface area contributed by atoms with Crippen molar-refractivity contribution in [1.29, 1.82) is 0 Å². The molecule has 15 heavy (non-hydrogen) atoms. The van der Waals surface area contributed by atoms with Gasteiger partial charge in [0.15, 0.2) is 0 Å². The van der Waals surface area contributed by atoms with Crippen LogP contribution in [0, 0.1) is 0 Å². The molecule has 0 N–H and O–H groups in total. The van der Waals surface area contributed by atoms with E-state index in [4.69, 9.17) is 0 Å². The molecule has 1 amide bonds. The Bertz CT molecular complexity index is 358. The Morgan fingerprint density at radius 1 is 1.60 bits per heavy atom. The van der Waals surface area contributed by atoms with E-state index in [0.717, 1.165) is 19.4 Å². The van der Waals surface area contributed by atoms with E-state index in [1.807, 2.05) is 18.3 Å². The molecule has 1 unspecified atom stereocenters. The fourth-order valence-corrected chi connectivity index (χ4v) is 3.27. The zero-order valence-electron chi connectivity index (χ0n) is 9.32. The molecule has 82 valence electrons. The predicted octanol–water partition coefficient (Wildman–Crippen LogP) is 2.99. The van der Waals surface area contributed by atoms with E-state index < -0.39 is 0 Å². The number of carbonyl (C=O) groups excluding carboxylic acids is 1. The van der Waals surface area contributed by atoms with Gasteiger partial charge >= 0.3 is 0 Å². The molecule has 0 aliphatic carbocycles. The van der Waals surface area contributed by atoms with Crippen LogP contribution in [-0.2, 0) is 11.2 Å². The van der Waals surface area contributed by atoms with E-state index in [0.29, 0.717) is 18.4 Å². The van der Waals surface area contributed by atoms with Crippen molar-refractivity contribution < 1.29 is 4.79 Å². The molecule has 0 spiro atoms. The summed E-state index contributed by atoms with van der Waals surface area (Å²) in [5.74, 6) is 0.290. The van der Waals surface area contributed by atoms with Gasteiger partial charge in [-0.2, -0.15) is 0 Å². The van der Waals surface area contributed by atoms with Crippen LogP contribution in [0.15, 0.2) is 11.4 Å². The topological polar surface area (TPSA) is 20.3 Å². The largest absolute Gasteiger partial charge is 0.335 e. The summed E-state index contributed by atoms with van der Waals surface area (Å²) in [4.78, 5) is 15.3. The summed E-state index contributed by atoms with van der Waals surface area (Å²) in [6.07, 6.45) is 2.68. The summed E-state index contributed by atoms with van der Waals surface area (Å²) in [6.45, 7) is 5.00. The highest BCUT2D eigenvalue weighted by Crippen LogP contribution is 2.35. The van der Waals surface area contributed by atoms with Gasteiger partial charge in [-0.25, -0.2) is 0 Å². The Balaban J connectivity index is 2.28. The van der Waals surface area contributed by atoms with Crippen molar-refractivity contribution in [3.05, 3.63) is 21.9 Å². The number of fused-ring (bicyclic) bond motifs is 1. The molecular weight excluding hydrogens is 206 g/mol. The van der Waals surface area contributed by atoms with Crippen LogP contribution in [0.3, 0.4) is 0 Å². The average molecular weight is 223 g/mol. The Kier molecular flexibility index (Phi) is 3.10. The van der Waals surface area contributed by atoms with Crippen molar-refractivity contribution in [3.8, 4) is 0 Å². The molecule has 0 saturated heterocycles. The third-order valence-corrected chi connectivity index (χ3v) is 4.10. The predicted molar refractivity (Wildman–Crippen MR) is 63.1 cm³/mol. The maximum absolute atomic E-state index is 11.8. The number of rotatable bonds is 2. The lowest BCUT2D eigenvalue weighted by atomic mass is 9.97. The monoisotopic (exact) mass is 223 g/mol. The zero-order valence-corrected chi connectivity index (χ0v) is 10.1. The van der Waals surface area contributed by atoms with E-state index in [-0.39, 0.29) is 0 Å². The molecule has 0 saturated carbocycles. The first kappa shape index (κ1) is 10.7. The maximum Gasteiger partial charge on any atom is 0.222 e. The van der Waals surface area contributed by atoms with Gasteiger partial charge in [0, 0.05) is 17.8 Å². The van der Waals surface area contributed by atoms with Gasteiger partial charge in [-0.05, 0) is 29.9 Å². The Morgan fingerprint density at radius 2 is 2.40 bits per heavy atom. The lowest BCUT2D eigenvalue weighted by Gasteiger charge is -2.35. The quantitative estimate of drug-likeness (QED) is 0.754. The lowest BCUT2D eigenvalue weighted by Crippen LogP contribution is -2.38. The van der Waals surface area contributed by atoms with Crippen LogP contribution in [-0.4, -0.2) is 17.4 Å². The van der Waals surface area contributed by atoms with E-state index in [9.17, 15) is 4.79 Å². The minimum Gasteiger partial charge on any atom is -0.335 e. The van der Waals surface area contributed by atoms with Crippen LogP contribution in [0.25, 0.3) is 0 Å². The molecule has 2 heterocycles. The third-order valence-electron chi connectivity index (χ3n) is 3.10.